The summed E-state index contributed by atoms with van der Waals surface area (Å²) in [5.41, 5.74) is 0.644. The number of aldehydes is 1. The van der Waals surface area contributed by atoms with Crippen LogP contribution in [0, 0.1) is 14.9 Å². The Bertz CT molecular complexity index is 553. The maximum atomic E-state index is 10.6. The lowest BCUT2D eigenvalue weighted by atomic mass is 10.2. The van der Waals surface area contributed by atoms with E-state index >= 15 is 0 Å². The first kappa shape index (κ1) is 9.62. The predicted molar refractivity (Wildman–Crippen MR) is 64.6 cm³/mol. The molecule has 0 aliphatic rings. The highest BCUT2D eigenvalue weighted by molar-refractivity contribution is 14.1. The molecule has 0 saturated carbocycles. The first-order valence-electron chi connectivity index (χ1n) is 3.83. The van der Waals surface area contributed by atoms with E-state index in [0.717, 1.165) is 19.9 Å². The Labute approximate surface area is 98.3 Å². The van der Waals surface area contributed by atoms with Crippen molar-refractivity contribution in [3.63, 3.8) is 0 Å². The second-order valence-corrected chi connectivity index (χ2v) is 5.08. The third kappa shape index (κ3) is 1.53. The Morgan fingerprint density at radius 3 is 2.86 bits per heavy atom. The highest BCUT2D eigenvalue weighted by Crippen LogP contribution is 2.29. The summed E-state index contributed by atoms with van der Waals surface area (Å²) in [6.45, 7) is 0. The minimum Gasteiger partial charge on any atom is -0.297 e. The molecule has 0 saturated heterocycles. The fraction of sp³-hybridized carbons (Fsp3) is 0. The van der Waals surface area contributed by atoms with E-state index in [-0.39, 0.29) is 0 Å². The largest absolute Gasteiger partial charge is 0.297 e. The van der Waals surface area contributed by atoms with Gasteiger partial charge in [-0.15, -0.1) is 11.3 Å². The molecule has 0 aliphatic carbocycles. The van der Waals surface area contributed by atoms with Crippen molar-refractivity contribution >= 4 is 50.3 Å². The molecule has 0 bridgehead atoms. The van der Waals surface area contributed by atoms with Crippen LogP contribution in [-0.2, 0) is 0 Å². The van der Waals surface area contributed by atoms with E-state index in [1.807, 2.05) is 18.2 Å². The van der Waals surface area contributed by atoms with Crippen molar-refractivity contribution in [3.05, 3.63) is 32.2 Å². The minimum absolute atomic E-state index is 0.644. The summed E-state index contributed by atoms with van der Waals surface area (Å²) in [5.74, 6) is 0. The average Bonchev–Trinajstić information content (AvgIpc) is 2.59. The summed E-state index contributed by atoms with van der Waals surface area (Å²) in [4.78, 5) is 11.3. The molecule has 14 heavy (non-hydrogen) atoms. The topological polar surface area (TPSA) is 40.9 Å². The number of thiophene rings is 1. The highest BCUT2D eigenvalue weighted by Gasteiger charge is 2.06. The molecule has 0 amide bonds. The lowest BCUT2D eigenvalue weighted by Crippen LogP contribution is -1.76. The normalized spacial score (nSPS) is 10.0. The van der Waals surface area contributed by atoms with Crippen LogP contribution < -0.4 is 0 Å². The summed E-state index contributed by atoms with van der Waals surface area (Å²) in [6.07, 6.45) is 0.818. The second kappa shape index (κ2) is 3.67. The summed E-state index contributed by atoms with van der Waals surface area (Å²) in [6, 6.07) is 7.75. The Morgan fingerprint density at radius 1 is 1.43 bits per heavy atom. The molecule has 0 N–H and O–H groups in total. The van der Waals surface area contributed by atoms with E-state index in [1.54, 1.807) is 0 Å². The van der Waals surface area contributed by atoms with Crippen LogP contribution in [0.2, 0.25) is 0 Å². The number of carbonyl (C=O) groups is 1. The molecule has 0 fully saturated rings. The minimum atomic E-state index is 0.644. The van der Waals surface area contributed by atoms with Gasteiger partial charge in [0.1, 0.15) is 6.07 Å². The van der Waals surface area contributed by atoms with Crippen molar-refractivity contribution in [2.45, 2.75) is 0 Å². The monoisotopic (exact) mass is 313 g/mol. The number of halogens is 1. The third-order valence-electron chi connectivity index (χ3n) is 1.84. The Morgan fingerprint density at radius 2 is 2.21 bits per heavy atom. The van der Waals surface area contributed by atoms with Gasteiger partial charge in [0.2, 0.25) is 0 Å². The summed E-state index contributed by atoms with van der Waals surface area (Å²) >= 11 is 3.53. The van der Waals surface area contributed by atoms with Crippen LogP contribution in [0.3, 0.4) is 0 Å². The van der Waals surface area contributed by atoms with Gasteiger partial charge in [0.05, 0.1) is 15.1 Å². The predicted octanol–water partition coefficient (Wildman–Crippen LogP) is 3.19. The second-order valence-electron chi connectivity index (χ2n) is 2.75. The van der Waals surface area contributed by atoms with Gasteiger partial charge in [-0.05, 0) is 46.2 Å². The number of hydrogen-bond acceptors (Lipinski definition) is 3. The summed E-state index contributed by atoms with van der Waals surface area (Å²) < 4.78 is 1.91. The number of hydrogen-bond donors (Lipinski definition) is 0. The van der Waals surface area contributed by atoms with Gasteiger partial charge in [0.15, 0.2) is 6.29 Å². The number of nitrogens with zero attached hydrogens (tertiary/aromatic N) is 1. The zero-order valence-corrected chi connectivity index (χ0v) is 9.93. The van der Waals surface area contributed by atoms with E-state index in [0.29, 0.717) is 10.4 Å². The van der Waals surface area contributed by atoms with Crippen LogP contribution in [0.1, 0.15) is 15.2 Å². The SMILES string of the molecule is N#Cc1cc(I)cc2cc(C=O)sc12. The quantitative estimate of drug-likeness (QED) is 0.599. The van der Waals surface area contributed by atoms with E-state index in [1.165, 1.54) is 11.3 Å². The molecule has 0 spiro atoms. The maximum Gasteiger partial charge on any atom is 0.160 e. The zero-order valence-electron chi connectivity index (χ0n) is 6.95. The zero-order chi connectivity index (χ0) is 10.1. The number of carbonyl (C=O) groups excluding carboxylic acids is 1. The summed E-state index contributed by atoms with van der Waals surface area (Å²) in [5, 5.41) is 9.88. The van der Waals surface area contributed by atoms with Gasteiger partial charge in [-0.25, -0.2) is 0 Å². The van der Waals surface area contributed by atoms with Crippen molar-refractivity contribution in [1.82, 2.24) is 0 Å². The molecule has 1 aromatic carbocycles. The molecular formula is C10H4INOS. The molecule has 0 atom stereocenters. The molecule has 1 aromatic heterocycles. The standard InChI is InChI=1S/C10H4INOS/c11-8-1-6-3-9(5-13)14-10(6)7(2-8)4-12/h1-3,5H. The molecule has 0 aliphatic heterocycles. The Kier molecular flexibility index (Phi) is 2.52. The molecule has 0 radical (unpaired) electrons. The highest BCUT2D eigenvalue weighted by atomic mass is 127. The number of rotatable bonds is 1. The molecule has 4 heteroatoms. The van der Waals surface area contributed by atoms with Crippen molar-refractivity contribution in [2.24, 2.45) is 0 Å². The van der Waals surface area contributed by atoms with Crippen LogP contribution in [0.5, 0.6) is 0 Å². The van der Waals surface area contributed by atoms with E-state index < -0.39 is 0 Å². The van der Waals surface area contributed by atoms with E-state index in [2.05, 4.69) is 28.7 Å². The van der Waals surface area contributed by atoms with Crippen LogP contribution in [0.4, 0.5) is 0 Å². The number of fused-ring (bicyclic) bond motifs is 1. The Balaban J connectivity index is 2.86. The molecule has 0 unspecified atom stereocenters. The Hall–Kier alpha value is -0.930. The van der Waals surface area contributed by atoms with Crippen molar-refractivity contribution < 1.29 is 4.79 Å². The van der Waals surface area contributed by atoms with Gasteiger partial charge in [-0.2, -0.15) is 5.26 Å². The van der Waals surface area contributed by atoms with Gasteiger partial charge in [-0.1, -0.05) is 0 Å². The smallest absolute Gasteiger partial charge is 0.160 e. The van der Waals surface area contributed by atoms with E-state index in [9.17, 15) is 4.79 Å². The first-order chi connectivity index (χ1) is 6.74. The van der Waals surface area contributed by atoms with Crippen molar-refractivity contribution in [2.75, 3.05) is 0 Å². The molecule has 2 nitrogen and oxygen atoms in total. The first-order valence-corrected chi connectivity index (χ1v) is 5.72. The van der Waals surface area contributed by atoms with Gasteiger partial charge >= 0.3 is 0 Å². The van der Waals surface area contributed by atoms with Crippen LogP contribution in [0.25, 0.3) is 10.1 Å². The number of nitriles is 1. The van der Waals surface area contributed by atoms with Gasteiger partial charge in [-0.3, -0.25) is 4.79 Å². The van der Waals surface area contributed by atoms with Gasteiger partial charge < -0.3 is 0 Å². The third-order valence-corrected chi connectivity index (χ3v) is 3.57. The molecule has 2 aromatic rings. The van der Waals surface area contributed by atoms with Crippen LogP contribution in [0.15, 0.2) is 18.2 Å². The van der Waals surface area contributed by atoms with Gasteiger partial charge in [0.25, 0.3) is 0 Å². The van der Waals surface area contributed by atoms with Crippen molar-refractivity contribution in [3.8, 4) is 6.07 Å². The summed E-state index contributed by atoms with van der Waals surface area (Å²) in [7, 11) is 0. The molecule has 68 valence electrons. The molecule has 2 rings (SSSR count). The van der Waals surface area contributed by atoms with E-state index in [4.69, 9.17) is 5.26 Å². The number of benzene rings is 1. The lowest BCUT2D eigenvalue weighted by molar-refractivity contribution is 0.112. The lowest BCUT2D eigenvalue weighted by Gasteiger charge is -1.93. The average molecular weight is 313 g/mol. The van der Waals surface area contributed by atoms with Crippen LogP contribution in [-0.4, -0.2) is 6.29 Å². The fourth-order valence-electron chi connectivity index (χ4n) is 1.28. The molecule has 1 heterocycles. The van der Waals surface area contributed by atoms with Crippen molar-refractivity contribution in [1.29, 1.82) is 5.26 Å². The maximum absolute atomic E-state index is 10.6. The van der Waals surface area contributed by atoms with Crippen LogP contribution >= 0.6 is 33.9 Å². The molecular weight excluding hydrogens is 309 g/mol. The van der Waals surface area contributed by atoms with Gasteiger partial charge in [0, 0.05) is 3.57 Å². The fourth-order valence-corrected chi connectivity index (χ4v) is 2.84.